The molecule has 18 heavy (non-hydrogen) atoms. The lowest BCUT2D eigenvalue weighted by Crippen LogP contribution is -2.11. The Kier molecular flexibility index (Phi) is 3.06. The van der Waals surface area contributed by atoms with Crippen LogP contribution in [0.4, 0.5) is 0 Å². The maximum absolute atomic E-state index is 9.81. The van der Waals surface area contributed by atoms with Gasteiger partial charge in [-0.2, -0.15) is 4.98 Å². The van der Waals surface area contributed by atoms with Gasteiger partial charge in [0.1, 0.15) is 0 Å². The molecule has 0 amide bonds. The fourth-order valence-electron chi connectivity index (χ4n) is 2.33. The molecular weight excluding hydrogens is 252 g/mol. The van der Waals surface area contributed by atoms with E-state index in [1.807, 2.05) is 12.1 Å². The van der Waals surface area contributed by atoms with Crippen molar-refractivity contribution in [3.63, 3.8) is 0 Å². The molecule has 1 fully saturated rings. The van der Waals surface area contributed by atoms with Gasteiger partial charge in [0.2, 0.25) is 11.7 Å². The molecule has 0 saturated heterocycles. The number of rotatable bonds is 2. The van der Waals surface area contributed by atoms with Gasteiger partial charge in [0, 0.05) is 10.6 Å². The van der Waals surface area contributed by atoms with Crippen molar-refractivity contribution in [3.8, 4) is 11.4 Å². The number of hydrogen-bond acceptors (Lipinski definition) is 4. The Hall–Kier alpha value is -1.39. The predicted molar refractivity (Wildman–Crippen MR) is 67.3 cm³/mol. The van der Waals surface area contributed by atoms with Gasteiger partial charge in [-0.05, 0) is 43.5 Å². The molecule has 2 unspecified atom stereocenters. The van der Waals surface area contributed by atoms with E-state index in [-0.39, 0.29) is 12.0 Å². The summed E-state index contributed by atoms with van der Waals surface area (Å²) in [5.41, 5.74) is 0.863. The van der Waals surface area contributed by atoms with Crippen molar-refractivity contribution in [3.05, 3.63) is 35.2 Å². The highest BCUT2D eigenvalue weighted by Gasteiger charge is 2.31. The van der Waals surface area contributed by atoms with Gasteiger partial charge in [-0.3, -0.25) is 0 Å². The zero-order valence-corrected chi connectivity index (χ0v) is 10.5. The van der Waals surface area contributed by atoms with Crippen LogP contribution in [0.25, 0.3) is 11.4 Å². The van der Waals surface area contributed by atoms with Crippen molar-refractivity contribution in [2.75, 3.05) is 0 Å². The quantitative estimate of drug-likeness (QED) is 0.906. The van der Waals surface area contributed by atoms with E-state index in [2.05, 4.69) is 10.1 Å². The van der Waals surface area contributed by atoms with Crippen LogP contribution in [0.15, 0.2) is 28.8 Å². The summed E-state index contributed by atoms with van der Waals surface area (Å²) in [5, 5.41) is 14.4. The van der Waals surface area contributed by atoms with Crippen LogP contribution >= 0.6 is 11.6 Å². The highest BCUT2D eigenvalue weighted by Crippen LogP contribution is 2.34. The summed E-state index contributed by atoms with van der Waals surface area (Å²) in [4.78, 5) is 4.36. The second kappa shape index (κ2) is 4.71. The lowest BCUT2D eigenvalue weighted by atomic mass is 10.1. The lowest BCUT2D eigenvalue weighted by Gasteiger charge is -2.07. The first-order valence-electron chi connectivity index (χ1n) is 6.01. The SMILES string of the molecule is OC1CCCC1c1nc(-c2ccc(Cl)cc2)no1. The Labute approximate surface area is 110 Å². The van der Waals surface area contributed by atoms with Crippen LogP contribution in [-0.4, -0.2) is 21.4 Å². The summed E-state index contributed by atoms with van der Waals surface area (Å²) >= 11 is 5.83. The van der Waals surface area contributed by atoms with Crippen LogP contribution in [0.2, 0.25) is 5.02 Å². The summed E-state index contributed by atoms with van der Waals surface area (Å²) in [6, 6.07) is 7.28. The van der Waals surface area contributed by atoms with Gasteiger partial charge in [0.25, 0.3) is 0 Å². The molecule has 0 spiro atoms. The van der Waals surface area contributed by atoms with Crippen molar-refractivity contribution in [2.45, 2.75) is 31.3 Å². The molecule has 1 saturated carbocycles. The highest BCUT2D eigenvalue weighted by molar-refractivity contribution is 6.30. The standard InChI is InChI=1S/C13H13ClN2O2/c14-9-6-4-8(5-7-9)12-15-13(18-16-12)10-2-1-3-11(10)17/h4-7,10-11,17H,1-3H2. The van der Waals surface area contributed by atoms with Gasteiger partial charge < -0.3 is 9.63 Å². The monoisotopic (exact) mass is 264 g/mol. The molecule has 0 aliphatic heterocycles. The Bertz CT molecular complexity index is 538. The summed E-state index contributed by atoms with van der Waals surface area (Å²) in [6.07, 6.45) is 2.36. The van der Waals surface area contributed by atoms with Crippen LogP contribution in [0.1, 0.15) is 31.1 Å². The third-order valence-corrected chi connectivity index (χ3v) is 3.59. The number of aromatic nitrogens is 2. The maximum Gasteiger partial charge on any atom is 0.232 e. The Balaban J connectivity index is 1.87. The van der Waals surface area contributed by atoms with E-state index in [1.54, 1.807) is 12.1 Å². The summed E-state index contributed by atoms with van der Waals surface area (Å²) in [5.74, 6) is 1.06. The minimum Gasteiger partial charge on any atom is -0.392 e. The molecular formula is C13H13ClN2O2. The van der Waals surface area contributed by atoms with Crippen molar-refractivity contribution < 1.29 is 9.63 Å². The fourth-order valence-corrected chi connectivity index (χ4v) is 2.46. The molecule has 3 rings (SSSR count). The van der Waals surface area contributed by atoms with Gasteiger partial charge in [-0.25, -0.2) is 0 Å². The van der Waals surface area contributed by atoms with Crippen LogP contribution in [0, 0.1) is 0 Å². The first-order valence-corrected chi connectivity index (χ1v) is 6.39. The van der Waals surface area contributed by atoms with Crippen molar-refractivity contribution in [1.29, 1.82) is 0 Å². The van der Waals surface area contributed by atoms with Crippen LogP contribution in [0.3, 0.4) is 0 Å². The zero-order valence-electron chi connectivity index (χ0n) is 9.71. The van der Waals surface area contributed by atoms with Gasteiger partial charge in [0.05, 0.1) is 12.0 Å². The number of hydrogen-bond donors (Lipinski definition) is 1. The Morgan fingerprint density at radius 3 is 2.67 bits per heavy atom. The van der Waals surface area contributed by atoms with E-state index < -0.39 is 0 Å². The largest absolute Gasteiger partial charge is 0.392 e. The van der Waals surface area contributed by atoms with Gasteiger partial charge in [0.15, 0.2) is 0 Å². The zero-order chi connectivity index (χ0) is 12.5. The summed E-state index contributed by atoms with van der Waals surface area (Å²) < 4.78 is 5.25. The van der Waals surface area contributed by atoms with Crippen molar-refractivity contribution >= 4 is 11.6 Å². The molecule has 1 N–H and O–H groups in total. The molecule has 2 atom stereocenters. The molecule has 1 aromatic carbocycles. The third kappa shape index (κ3) is 2.13. The van der Waals surface area contributed by atoms with Gasteiger partial charge in [-0.1, -0.05) is 16.8 Å². The fraction of sp³-hybridized carbons (Fsp3) is 0.385. The minimum atomic E-state index is -0.358. The molecule has 2 aromatic rings. The van der Waals surface area contributed by atoms with Gasteiger partial charge in [-0.15, -0.1) is 0 Å². The van der Waals surface area contributed by atoms with Crippen LogP contribution < -0.4 is 0 Å². The third-order valence-electron chi connectivity index (χ3n) is 3.34. The number of aliphatic hydroxyl groups is 1. The molecule has 1 aliphatic rings. The Morgan fingerprint density at radius 1 is 1.22 bits per heavy atom. The smallest absolute Gasteiger partial charge is 0.232 e. The van der Waals surface area contributed by atoms with Crippen molar-refractivity contribution in [2.24, 2.45) is 0 Å². The molecule has 4 nitrogen and oxygen atoms in total. The lowest BCUT2D eigenvalue weighted by molar-refractivity contribution is 0.148. The first-order chi connectivity index (χ1) is 8.74. The van der Waals surface area contributed by atoms with Crippen LogP contribution in [-0.2, 0) is 0 Å². The summed E-state index contributed by atoms with van der Waals surface area (Å²) in [7, 11) is 0. The molecule has 1 heterocycles. The topological polar surface area (TPSA) is 59.2 Å². The normalized spacial score (nSPS) is 23.4. The van der Waals surface area contributed by atoms with E-state index in [1.165, 1.54) is 0 Å². The highest BCUT2D eigenvalue weighted by atomic mass is 35.5. The van der Waals surface area contributed by atoms with E-state index in [0.29, 0.717) is 16.7 Å². The van der Waals surface area contributed by atoms with E-state index >= 15 is 0 Å². The second-order valence-corrected chi connectivity index (χ2v) is 5.00. The number of nitrogens with zero attached hydrogens (tertiary/aromatic N) is 2. The summed E-state index contributed by atoms with van der Waals surface area (Å²) in [6.45, 7) is 0. The number of halogens is 1. The number of benzene rings is 1. The predicted octanol–water partition coefficient (Wildman–Crippen LogP) is 3.02. The second-order valence-electron chi connectivity index (χ2n) is 4.57. The van der Waals surface area contributed by atoms with Crippen LogP contribution in [0.5, 0.6) is 0 Å². The first kappa shape index (κ1) is 11.7. The average Bonchev–Trinajstić information content (AvgIpc) is 2.98. The van der Waals surface area contributed by atoms with E-state index in [4.69, 9.17) is 16.1 Å². The van der Waals surface area contributed by atoms with E-state index in [0.717, 1.165) is 24.8 Å². The van der Waals surface area contributed by atoms with Gasteiger partial charge >= 0.3 is 0 Å². The molecule has 5 heteroatoms. The number of aliphatic hydroxyl groups excluding tert-OH is 1. The molecule has 94 valence electrons. The molecule has 1 aromatic heterocycles. The molecule has 1 aliphatic carbocycles. The molecule has 0 radical (unpaired) electrons. The maximum atomic E-state index is 9.81. The molecule has 0 bridgehead atoms. The minimum absolute atomic E-state index is 0.0152. The average molecular weight is 265 g/mol. The van der Waals surface area contributed by atoms with Crippen molar-refractivity contribution in [1.82, 2.24) is 10.1 Å². The Morgan fingerprint density at radius 2 is 2.00 bits per heavy atom. The van der Waals surface area contributed by atoms with E-state index in [9.17, 15) is 5.11 Å².